The summed E-state index contributed by atoms with van der Waals surface area (Å²) in [7, 11) is 1.44. The average molecular weight is 385 g/mol. The smallest absolute Gasteiger partial charge is 0.278 e. The number of aryl methyl sites for hydroxylation is 2. The summed E-state index contributed by atoms with van der Waals surface area (Å²) in [6.07, 6.45) is 1.93. The quantitative estimate of drug-likeness (QED) is 0.609. The normalized spacial score (nSPS) is 11.6. The second-order valence-electron chi connectivity index (χ2n) is 7.19. The number of hydrogen-bond acceptors (Lipinski definition) is 3. The third-order valence-corrected chi connectivity index (χ3v) is 5.56. The highest BCUT2D eigenvalue weighted by atomic mass is 19.1. The van der Waals surface area contributed by atoms with Gasteiger partial charge in [-0.05, 0) is 68.9 Å². The number of nitrogens with zero attached hydrogens (tertiary/aromatic N) is 3. The molecule has 0 fully saturated rings. The lowest BCUT2D eigenvalue weighted by Crippen LogP contribution is -2.26. The van der Waals surface area contributed by atoms with Crippen molar-refractivity contribution in [2.75, 3.05) is 7.11 Å². The third kappa shape index (κ3) is 3.11. The van der Waals surface area contributed by atoms with Crippen LogP contribution in [0.25, 0.3) is 16.9 Å². The van der Waals surface area contributed by atoms with E-state index in [4.69, 9.17) is 9.84 Å². The maximum Gasteiger partial charge on any atom is 0.278 e. The largest absolute Gasteiger partial charge is 0.494 e. The zero-order valence-corrected chi connectivity index (χ0v) is 17.5. The molecule has 0 aliphatic rings. The van der Waals surface area contributed by atoms with E-state index in [1.807, 2.05) is 20.8 Å². The molecule has 150 valence electrons. The van der Waals surface area contributed by atoms with E-state index < -0.39 is 5.82 Å². The Balaban J connectivity index is 2.37. The van der Waals surface area contributed by atoms with Gasteiger partial charge in [0.05, 0.1) is 7.11 Å². The summed E-state index contributed by atoms with van der Waals surface area (Å²) < 4.78 is 22.8. The zero-order valence-electron chi connectivity index (χ0n) is 17.5. The van der Waals surface area contributed by atoms with Crippen LogP contribution in [0.5, 0.6) is 5.75 Å². The predicted octanol–water partition coefficient (Wildman–Crippen LogP) is 4.85. The summed E-state index contributed by atoms with van der Waals surface area (Å²) >= 11 is 0. The van der Waals surface area contributed by atoms with E-state index in [1.165, 1.54) is 13.2 Å². The molecular formula is C22H28FN3O2. The second-order valence-corrected chi connectivity index (χ2v) is 7.19. The maximum absolute atomic E-state index is 14.4. The van der Waals surface area contributed by atoms with E-state index in [2.05, 4.69) is 19.9 Å². The van der Waals surface area contributed by atoms with Crippen molar-refractivity contribution >= 4 is 5.52 Å². The molecule has 0 radical (unpaired) electrons. The number of halogens is 1. The monoisotopic (exact) mass is 385 g/mol. The van der Waals surface area contributed by atoms with Gasteiger partial charge in [0.25, 0.3) is 5.56 Å². The van der Waals surface area contributed by atoms with Gasteiger partial charge >= 0.3 is 0 Å². The number of hydrogen-bond donors (Lipinski definition) is 0. The molecule has 0 unspecified atom stereocenters. The van der Waals surface area contributed by atoms with Crippen molar-refractivity contribution < 1.29 is 9.13 Å². The molecule has 2 aromatic heterocycles. The van der Waals surface area contributed by atoms with Gasteiger partial charge in [0, 0.05) is 17.8 Å². The Morgan fingerprint density at radius 2 is 1.82 bits per heavy atom. The van der Waals surface area contributed by atoms with Crippen LogP contribution in [0.4, 0.5) is 4.39 Å². The Hall–Kier alpha value is -2.63. The standard InChI is InChI=1S/C22H28FN3O2/c1-7-15(8-2)17-11-14(5)26-20(17)22(27)25(9-3)21(24-26)16-12-18(23)19(28-6)10-13(16)4/h10-12,15H,7-9H2,1-6H3. The van der Waals surface area contributed by atoms with E-state index in [9.17, 15) is 9.18 Å². The zero-order chi connectivity index (χ0) is 20.6. The number of fused-ring (bicyclic) bond motifs is 1. The van der Waals surface area contributed by atoms with Crippen molar-refractivity contribution in [2.24, 2.45) is 0 Å². The first-order valence-corrected chi connectivity index (χ1v) is 9.85. The molecule has 5 nitrogen and oxygen atoms in total. The Morgan fingerprint density at radius 3 is 2.39 bits per heavy atom. The Bertz CT molecular complexity index is 1080. The summed E-state index contributed by atoms with van der Waals surface area (Å²) in [5.74, 6) is 0.492. The molecule has 0 spiro atoms. The lowest BCUT2D eigenvalue weighted by atomic mass is 9.95. The Morgan fingerprint density at radius 1 is 1.14 bits per heavy atom. The van der Waals surface area contributed by atoms with Crippen LogP contribution in [-0.2, 0) is 6.54 Å². The van der Waals surface area contributed by atoms with Gasteiger partial charge in [-0.1, -0.05) is 13.8 Å². The minimum Gasteiger partial charge on any atom is -0.494 e. The van der Waals surface area contributed by atoms with Crippen LogP contribution in [0.15, 0.2) is 23.0 Å². The van der Waals surface area contributed by atoms with Gasteiger partial charge in [0.1, 0.15) is 5.52 Å². The molecule has 3 aromatic rings. The van der Waals surface area contributed by atoms with E-state index >= 15 is 0 Å². The van der Waals surface area contributed by atoms with Crippen LogP contribution in [0.2, 0.25) is 0 Å². The number of ether oxygens (including phenoxy) is 1. The minimum atomic E-state index is -0.470. The van der Waals surface area contributed by atoms with Crippen molar-refractivity contribution in [3.63, 3.8) is 0 Å². The van der Waals surface area contributed by atoms with E-state index in [-0.39, 0.29) is 11.3 Å². The van der Waals surface area contributed by atoms with E-state index in [0.29, 0.717) is 29.4 Å². The van der Waals surface area contributed by atoms with Crippen LogP contribution in [0.3, 0.4) is 0 Å². The highest BCUT2D eigenvalue weighted by Crippen LogP contribution is 2.31. The molecule has 1 aromatic carbocycles. The van der Waals surface area contributed by atoms with Gasteiger partial charge in [-0.3, -0.25) is 9.36 Å². The van der Waals surface area contributed by atoms with E-state index in [0.717, 1.165) is 29.7 Å². The Labute approximate surface area is 164 Å². The lowest BCUT2D eigenvalue weighted by Gasteiger charge is -2.16. The van der Waals surface area contributed by atoms with Gasteiger partial charge in [-0.15, -0.1) is 5.10 Å². The molecule has 6 heteroatoms. The topological polar surface area (TPSA) is 48.5 Å². The fourth-order valence-corrected chi connectivity index (χ4v) is 3.95. The first-order valence-electron chi connectivity index (χ1n) is 9.85. The molecule has 0 saturated carbocycles. The van der Waals surface area contributed by atoms with E-state index in [1.54, 1.807) is 15.1 Å². The predicted molar refractivity (Wildman–Crippen MR) is 110 cm³/mol. The van der Waals surface area contributed by atoms with Crippen molar-refractivity contribution in [3.8, 4) is 17.1 Å². The summed E-state index contributed by atoms with van der Waals surface area (Å²) in [4.78, 5) is 13.4. The number of benzene rings is 1. The first kappa shape index (κ1) is 20.1. The molecule has 0 bridgehead atoms. The Kier molecular flexibility index (Phi) is 5.59. The van der Waals surface area contributed by atoms with Gasteiger partial charge in [-0.2, -0.15) is 0 Å². The molecule has 0 saturated heterocycles. The molecule has 3 rings (SSSR count). The molecule has 2 heterocycles. The number of aromatic nitrogens is 3. The fraction of sp³-hybridized carbons (Fsp3) is 0.455. The summed E-state index contributed by atoms with van der Waals surface area (Å²) in [5, 5.41) is 4.78. The summed E-state index contributed by atoms with van der Waals surface area (Å²) in [6.45, 7) is 10.5. The fourth-order valence-electron chi connectivity index (χ4n) is 3.95. The van der Waals surface area contributed by atoms with Crippen LogP contribution in [0.1, 0.15) is 56.4 Å². The van der Waals surface area contributed by atoms with Gasteiger partial charge < -0.3 is 4.74 Å². The molecule has 0 amide bonds. The van der Waals surface area contributed by atoms with Gasteiger partial charge in [-0.25, -0.2) is 8.91 Å². The highest BCUT2D eigenvalue weighted by Gasteiger charge is 2.22. The first-order chi connectivity index (χ1) is 13.4. The van der Waals surface area contributed by atoms with Crippen LogP contribution < -0.4 is 10.3 Å². The molecule has 0 aliphatic heterocycles. The molecule has 0 atom stereocenters. The molecule has 0 N–H and O–H groups in total. The minimum absolute atomic E-state index is 0.0851. The SMILES string of the molecule is CCC(CC)c1cc(C)n2nc(-c3cc(F)c(OC)cc3C)n(CC)c(=O)c12. The lowest BCUT2D eigenvalue weighted by molar-refractivity contribution is 0.386. The summed E-state index contributed by atoms with van der Waals surface area (Å²) in [5.41, 5.74) is 3.89. The van der Waals surface area contributed by atoms with Gasteiger partial charge in [0.2, 0.25) is 0 Å². The highest BCUT2D eigenvalue weighted by molar-refractivity contribution is 5.65. The van der Waals surface area contributed by atoms with Crippen molar-refractivity contribution in [1.82, 2.24) is 14.2 Å². The molecule has 28 heavy (non-hydrogen) atoms. The van der Waals surface area contributed by atoms with Gasteiger partial charge in [0.15, 0.2) is 17.4 Å². The number of rotatable bonds is 6. The van der Waals surface area contributed by atoms with Crippen molar-refractivity contribution in [3.05, 3.63) is 51.2 Å². The molecular weight excluding hydrogens is 357 g/mol. The molecule has 0 aliphatic carbocycles. The number of methoxy groups -OCH3 is 1. The maximum atomic E-state index is 14.4. The average Bonchev–Trinajstić information content (AvgIpc) is 3.01. The van der Waals surface area contributed by atoms with Crippen LogP contribution in [0, 0.1) is 19.7 Å². The van der Waals surface area contributed by atoms with Crippen LogP contribution >= 0.6 is 0 Å². The van der Waals surface area contributed by atoms with Crippen LogP contribution in [-0.4, -0.2) is 21.3 Å². The third-order valence-electron chi connectivity index (χ3n) is 5.56. The van der Waals surface area contributed by atoms with Crippen molar-refractivity contribution in [1.29, 1.82) is 0 Å². The summed E-state index contributed by atoms with van der Waals surface area (Å²) in [6, 6.07) is 5.10. The second kappa shape index (κ2) is 7.78. The van der Waals surface area contributed by atoms with Crippen molar-refractivity contribution in [2.45, 2.75) is 59.9 Å².